The first kappa shape index (κ1) is 15.2. The molecule has 0 aliphatic carbocycles. The summed E-state index contributed by atoms with van der Waals surface area (Å²) in [6.45, 7) is 5.28. The van der Waals surface area contributed by atoms with Gasteiger partial charge in [0.15, 0.2) is 5.82 Å². The van der Waals surface area contributed by atoms with Gasteiger partial charge in [0.05, 0.1) is 9.26 Å². The molecule has 0 atom stereocenters. The van der Waals surface area contributed by atoms with Gasteiger partial charge < -0.3 is 5.32 Å². The molecule has 0 saturated carbocycles. The summed E-state index contributed by atoms with van der Waals surface area (Å²) in [6, 6.07) is 10.2. The molecule has 4 heteroatoms. The van der Waals surface area contributed by atoms with Crippen molar-refractivity contribution in [2.45, 2.75) is 33.1 Å². The Balaban J connectivity index is 2.44. The van der Waals surface area contributed by atoms with E-state index in [-0.39, 0.29) is 0 Å². The summed E-state index contributed by atoms with van der Waals surface area (Å²) in [6.07, 6.45) is 3.17. The molecule has 0 fully saturated rings. The summed E-state index contributed by atoms with van der Waals surface area (Å²) in [7, 11) is 0. The van der Waals surface area contributed by atoms with E-state index in [2.05, 4.69) is 53.9 Å². The highest BCUT2D eigenvalue weighted by atomic mass is 127. The molecule has 2 aromatic rings. The van der Waals surface area contributed by atoms with Crippen LogP contribution in [0, 0.1) is 3.57 Å². The van der Waals surface area contributed by atoms with Crippen molar-refractivity contribution in [3.8, 4) is 11.4 Å². The van der Waals surface area contributed by atoms with Gasteiger partial charge in [-0.15, -0.1) is 0 Å². The summed E-state index contributed by atoms with van der Waals surface area (Å²) in [5.74, 6) is 1.78. The van der Waals surface area contributed by atoms with Crippen molar-refractivity contribution in [3.63, 3.8) is 0 Å². The number of anilines is 1. The first-order valence-electron chi connectivity index (χ1n) is 7.12. The largest absolute Gasteiger partial charge is 0.369 e. The van der Waals surface area contributed by atoms with Gasteiger partial charge >= 0.3 is 0 Å². The Labute approximate surface area is 134 Å². The molecule has 0 radical (unpaired) electrons. The maximum Gasteiger partial charge on any atom is 0.161 e. The van der Waals surface area contributed by atoms with Crippen LogP contribution in [0.4, 0.5) is 5.82 Å². The van der Waals surface area contributed by atoms with Crippen molar-refractivity contribution < 1.29 is 0 Å². The first-order chi connectivity index (χ1) is 9.76. The summed E-state index contributed by atoms with van der Waals surface area (Å²) in [4.78, 5) is 9.44. The number of hydrogen-bond donors (Lipinski definition) is 1. The van der Waals surface area contributed by atoms with Crippen LogP contribution >= 0.6 is 22.6 Å². The van der Waals surface area contributed by atoms with Crippen molar-refractivity contribution >= 4 is 28.4 Å². The lowest BCUT2D eigenvalue weighted by molar-refractivity contribution is 0.864. The fourth-order valence-corrected chi connectivity index (χ4v) is 2.67. The standard InChI is InChI=1S/C16H20IN3/c1-3-8-13-14(17)16(18-11-4-2)20-15(19-13)12-9-6-5-7-10-12/h5-7,9-10H,3-4,8,11H2,1-2H3,(H,18,19,20). The summed E-state index contributed by atoms with van der Waals surface area (Å²) >= 11 is 2.35. The average molecular weight is 381 g/mol. The molecule has 106 valence electrons. The van der Waals surface area contributed by atoms with Gasteiger partial charge in [-0.3, -0.25) is 0 Å². The van der Waals surface area contributed by atoms with E-state index in [1.54, 1.807) is 0 Å². The van der Waals surface area contributed by atoms with Crippen LogP contribution in [-0.2, 0) is 6.42 Å². The van der Waals surface area contributed by atoms with Gasteiger partial charge in [0.1, 0.15) is 5.82 Å². The minimum Gasteiger partial charge on any atom is -0.369 e. The van der Waals surface area contributed by atoms with Gasteiger partial charge in [-0.25, -0.2) is 9.97 Å². The highest BCUT2D eigenvalue weighted by Gasteiger charge is 2.12. The molecule has 1 aromatic heterocycles. The van der Waals surface area contributed by atoms with Crippen LogP contribution in [0.25, 0.3) is 11.4 Å². The van der Waals surface area contributed by atoms with Gasteiger partial charge in [-0.1, -0.05) is 50.6 Å². The lowest BCUT2D eigenvalue weighted by Crippen LogP contribution is -2.09. The van der Waals surface area contributed by atoms with Crippen LogP contribution in [0.2, 0.25) is 0 Å². The number of aromatic nitrogens is 2. The van der Waals surface area contributed by atoms with E-state index in [1.165, 1.54) is 0 Å². The normalized spacial score (nSPS) is 10.6. The Kier molecular flexibility index (Phi) is 5.76. The average Bonchev–Trinajstić information content (AvgIpc) is 2.49. The van der Waals surface area contributed by atoms with Gasteiger partial charge in [-0.05, 0) is 35.4 Å². The zero-order chi connectivity index (χ0) is 14.4. The third-order valence-electron chi connectivity index (χ3n) is 2.98. The van der Waals surface area contributed by atoms with E-state index >= 15 is 0 Å². The SMILES string of the molecule is CCCNc1nc(-c2ccccc2)nc(CCC)c1I. The minimum absolute atomic E-state index is 0.813. The smallest absolute Gasteiger partial charge is 0.161 e. The molecule has 3 nitrogen and oxygen atoms in total. The molecule has 0 amide bonds. The van der Waals surface area contributed by atoms with Crippen LogP contribution in [0.1, 0.15) is 32.4 Å². The monoisotopic (exact) mass is 381 g/mol. The number of aryl methyl sites for hydroxylation is 1. The van der Waals surface area contributed by atoms with Crippen molar-refractivity contribution in [2.24, 2.45) is 0 Å². The second-order valence-electron chi connectivity index (χ2n) is 4.70. The van der Waals surface area contributed by atoms with Crippen LogP contribution in [0.15, 0.2) is 30.3 Å². The van der Waals surface area contributed by atoms with E-state index in [0.29, 0.717) is 0 Å². The van der Waals surface area contributed by atoms with E-state index < -0.39 is 0 Å². The Bertz CT molecular complexity index is 555. The Morgan fingerprint density at radius 1 is 1.05 bits per heavy atom. The molecule has 0 unspecified atom stereocenters. The van der Waals surface area contributed by atoms with E-state index in [4.69, 9.17) is 9.97 Å². The fourth-order valence-electron chi connectivity index (χ4n) is 1.97. The highest BCUT2D eigenvalue weighted by Crippen LogP contribution is 2.24. The molecule has 1 N–H and O–H groups in total. The number of hydrogen-bond acceptors (Lipinski definition) is 3. The molecule has 0 aliphatic rings. The molecular formula is C16H20IN3. The Morgan fingerprint density at radius 2 is 1.80 bits per heavy atom. The van der Waals surface area contributed by atoms with Crippen LogP contribution in [0.3, 0.4) is 0 Å². The molecule has 0 spiro atoms. The second-order valence-corrected chi connectivity index (χ2v) is 5.78. The molecule has 0 bridgehead atoms. The number of rotatable bonds is 6. The zero-order valence-corrected chi connectivity index (χ0v) is 14.1. The molecule has 0 saturated heterocycles. The third-order valence-corrected chi connectivity index (χ3v) is 4.11. The van der Waals surface area contributed by atoms with E-state index in [0.717, 1.165) is 52.3 Å². The highest BCUT2D eigenvalue weighted by molar-refractivity contribution is 14.1. The molecule has 2 rings (SSSR count). The van der Waals surface area contributed by atoms with Crippen LogP contribution < -0.4 is 5.32 Å². The Morgan fingerprint density at radius 3 is 2.45 bits per heavy atom. The van der Waals surface area contributed by atoms with Gasteiger partial charge in [-0.2, -0.15) is 0 Å². The van der Waals surface area contributed by atoms with E-state index in [9.17, 15) is 0 Å². The van der Waals surface area contributed by atoms with Gasteiger partial charge in [0.2, 0.25) is 0 Å². The molecule has 0 aliphatic heterocycles. The second kappa shape index (κ2) is 7.57. The lowest BCUT2D eigenvalue weighted by atomic mass is 10.2. The number of benzene rings is 1. The fraction of sp³-hybridized carbons (Fsp3) is 0.375. The van der Waals surface area contributed by atoms with Gasteiger partial charge in [0, 0.05) is 12.1 Å². The van der Waals surface area contributed by atoms with Crippen LogP contribution in [-0.4, -0.2) is 16.5 Å². The zero-order valence-electron chi connectivity index (χ0n) is 12.0. The predicted molar refractivity (Wildman–Crippen MR) is 93.0 cm³/mol. The van der Waals surface area contributed by atoms with Crippen molar-refractivity contribution in [1.29, 1.82) is 0 Å². The molecular weight excluding hydrogens is 361 g/mol. The van der Waals surface area contributed by atoms with E-state index in [1.807, 2.05) is 18.2 Å². The predicted octanol–water partition coefficient (Wildman–Crippen LogP) is 4.52. The third kappa shape index (κ3) is 3.69. The van der Waals surface area contributed by atoms with Gasteiger partial charge in [0.25, 0.3) is 0 Å². The van der Waals surface area contributed by atoms with Crippen molar-refractivity contribution in [1.82, 2.24) is 9.97 Å². The maximum absolute atomic E-state index is 4.74. The van der Waals surface area contributed by atoms with Crippen molar-refractivity contribution in [2.75, 3.05) is 11.9 Å². The first-order valence-corrected chi connectivity index (χ1v) is 8.19. The maximum atomic E-state index is 4.74. The summed E-state index contributed by atoms with van der Waals surface area (Å²) in [5, 5.41) is 3.41. The number of halogens is 1. The number of nitrogens with one attached hydrogen (secondary N) is 1. The summed E-state index contributed by atoms with van der Waals surface area (Å²) < 4.78 is 1.15. The molecule has 1 heterocycles. The quantitative estimate of drug-likeness (QED) is 0.748. The van der Waals surface area contributed by atoms with Crippen molar-refractivity contribution in [3.05, 3.63) is 39.6 Å². The molecule has 20 heavy (non-hydrogen) atoms. The minimum atomic E-state index is 0.813. The Hall–Kier alpha value is -1.17. The number of nitrogens with zero attached hydrogens (tertiary/aromatic N) is 2. The topological polar surface area (TPSA) is 37.8 Å². The summed E-state index contributed by atoms with van der Waals surface area (Å²) in [5.41, 5.74) is 2.21. The van der Waals surface area contributed by atoms with Crippen LogP contribution in [0.5, 0.6) is 0 Å². The lowest BCUT2D eigenvalue weighted by Gasteiger charge is -2.12. The molecule has 1 aromatic carbocycles.